The van der Waals surface area contributed by atoms with Crippen LogP contribution in [-0.2, 0) is 7.05 Å². The number of nitrogens with zero attached hydrogens (tertiary/aromatic N) is 4. The van der Waals surface area contributed by atoms with E-state index in [0.717, 1.165) is 61.5 Å². The molecule has 0 spiro atoms. The van der Waals surface area contributed by atoms with Crippen LogP contribution in [0, 0.1) is 13.8 Å². The van der Waals surface area contributed by atoms with Crippen LogP contribution >= 0.6 is 12.4 Å². The zero-order chi connectivity index (χ0) is 18.0. The lowest BCUT2D eigenvalue weighted by Crippen LogP contribution is -2.46. The first kappa shape index (κ1) is 20.5. The minimum Gasteiger partial charge on any atom is -0.334 e. The van der Waals surface area contributed by atoms with Gasteiger partial charge >= 0.3 is 0 Å². The second-order valence-corrected chi connectivity index (χ2v) is 6.82. The third-order valence-electron chi connectivity index (χ3n) is 5.05. The van der Waals surface area contributed by atoms with Gasteiger partial charge in [-0.1, -0.05) is 6.92 Å². The number of carbonyl (C=O) groups is 1. The third kappa shape index (κ3) is 3.94. The van der Waals surface area contributed by atoms with E-state index in [1.165, 1.54) is 0 Å². The molecule has 0 aliphatic carbocycles. The van der Waals surface area contributed by atoms with Crippen molar-refractivity contribution < 1.29 is 4.79 Å². The van der Waals surface area contributed by atoms with E-state index in [9.17, 15) is 4.79 Å². The molecule has 3 rings (SSSR count). The number of hydrogen-bond acceptors (Lipinski definition) is 4. The number of halogens is 1. The first-order valence-corrected chi connectivity index (χ1v) is 9.10. The standard InChI is InChI=1S/C18H28N6O.ClH/c1-5-10-24(14-6-8-19-9-7-14)18(25)16-11-15(20-21-16)17-12(2)22-23(4)13(17)3;/h11,14,19H,5-10H2,1-4H3,(H,20,21);1H. The van der Waals surface area contributed by atoms with Crippen LogP contribution in [0.25, 0.3) is 11.3 Å². The highest BCUT2D eigenvalue weighted by molar-refractivity contribution is 5.93. The topological polar surface area (TPSA) is 78.8 Å². The molecule has 0 saturated carbocycles. The molecule has 3 heterocycles. The summed E-state index contributed by atoms with van der Waals surface area (Å²) in [5.74, 6) is 0.0479. The maximum absolute atomic E-state index is 13.1. The smallest absolute Gasteiger partial charge is 0.272 e. The van der Waals surface area contributed by atoms with Gasteiger partial charge in [-0.25, -0.2) is 0 Å². The Balaban J connectivity index is 0.00000243. The predicted molar refractivity (Wildman–Crippen MR) is 105 cm³/mol. The fraction of sp³-hybridized carbons (Fsp3) is 0.611. The number of piperidine rings is 1. The molecule has 7 nitrogen and oxygen atoms in total. The van der Waals surface area contributed by atoms with Crippen molar-refractivity contribution in [3.05, 3.63) is 23.1 Å². The Morgan fingerprint density at radius 1 is 1.35 bits per heavy atom. The van der Waals surface area contributed by atoms with Crippen LogP contribution < -0.4 is 5.32 Å². The number of aromatic nitrogens is 4. The molecule has 2 aromatic rings. The van der Waals surface area contributed by atoms with Crippen molar-refractivity contribution >= 4 is 18.3 Å². The summed E-state index contributed by atoms with van der Waals surface area (Å²) in [6.07, 6.45) is 2.97. The molecule has 0 radical (unpaired) electrons. The minimum absolute atomic E-state index is 0. The highest BCUT2D eigenvalue weighted by Gasteiger charge is 2.27. The van der Waals surface area contributed by atoms with Crippen LogP contribution in [0.2, 0.25) is 0 Å². The molecule has 1 aliphatic heterocycles. The largest absolute Gasteiger partial charge is 0.334 e. The van der Waals surface area contributed by atoms with E-state index in [0.29, 0.717) is 11.7 Å². The van der Waals surface area contributed by atoms with Gasteiger partial charge in [0.2, 0.25) is 0 Å². The number of aromatic amines is 1. The fourth-order valence-electron chi connectivity index (χ4n) is 3.67. The summed E-state index contributed by atoms with van der Waals surface area (Å²) in [6, 6.07) is 2.17. The second kappa shape index (κ2) is 8.68. The van der Waals surface area contributed by atoms with Gasteiger partial charge < -0.3 is 10.2 Å². The molecule has 1 amide bonds. The monoisotopic (exact) mass is 380 g/mol. The summed E-state index contributed by atoms with van der Waals surface area (Å²) in [5, 5.41) is 15.1. The lowest BCUT2D eigenvalue weighted by atomic mass is 10.0. The average Bonchev–Trinajstić information content (AvgIpc) is 3.18. The first-order chi connectivity index (χ1) is 12.0. The molecule has 144 valence electrons. The molecule has 0 unspecified atom stereocenters. The zero-order valence-electron chi connectivity index (χ0n) is 16.0. The molecule has 0 aromatic carbocycles. The Kier molecular flexibility index (Phi) is 6.83. The van der Waals surface area contributed by atoms with Gasteiger partial charge in [0, 0.05) is 30.9 Å². The van der Waals surface area contributed by atoms with Crippen LogP contribution in [0.1, 0.15) is 48.1 Å². The lowest BCUT2D eigenvalue weighted by molar-refractivity contribution is 0.0636. The number of amides is 1. The second-order valence-electron chi connectivity index (χ2n) is 6.82. The van der Waals surface area contributed by atoms with Crippen LogP contribution in [0.4, 0.5) is 0 Å². The Bertz CT molecular complexity index is 747. The number of hydrogen-bond donors (Lipinski definition) is 2. The molecular formula is C18H29ClN6O. The van der Waals surface area contributed by atoms with Crippen molar-refractivity contribution in [1.82, 2.24) is 30.2 Å². The van der Waals surface area contributed by atoms with Gasteiger partial charge in [-0.05, 0) is 52.3 Å². The summed E-state index contributed by atoms with van der Waals surface area (Å²) >= 11 is 0. The number of H-pyrrole nitrogens is 1. The van der Waals surface area contributed by atoms with E-state index in [1.54, 1.807) is 0 Å². The summed E-state index contributed by atoms with van der Waals surface area (Å²) in [7, 11) is 1.92. The summed E-state index contributed by atoms with van der Waals surface area (Å²) in [4.78, 5) is 15.1. The zero-order valence-corrected chi connectivity index (χ0v) is 16.8. The predicted octanol–water partition coefficient (Wildman–Crippen LogP) is 2.45. The molecule has 8 heteroatoms. The van der Waals surface area contributed by atoms with Gasteiger partial charge in [-0.3, -0.25) is 14.6 Å². The molecule has 2 N–H and O–H groups in total. The highest BCUT2D eigenvalue weighted by atomic mass is 35.5. The van der Waals surface area contributed by atoms with Crippen molar-refractivity contribution in [2.24, 2.45) is 7.05 Å². The maximum Gasteiger partial charge on any atom is 0.272 e. The van der Waals surface area contributed by atoms with E-state index in [4.69, 9.17) is 0 Å². The molecule has 2 aromatic heterocycles. The van der Waals surface area contributed by atoms with Gasteiger partial charge in [0.1, 0.15) is 5.69 Å². The van der Waals surface area contributed by atoms with E-state index in [1.807, 2.05) is 36.5 Å². The normalized spacial score (nSPS) is 14.9. The highest BCUT2D eigenvalue weighted by Crippen LogP contribution is 2.26. The third-order valence-corrected chi connectivity index (χ3v) is 5.05. The van der Waals surface area contributed by atoms with Crippen molar-refractivity contribution in [3.8, 4) is 11.3 Å². The van der Waals surface area contributed by atoms with Gasteiger partial charge in [-0.15, -0.1) is 12.4 Å². The molecular weight excluding hydrogens is 352 g/mol. The molecule has 0 atom stereocenters. The van der Waals surface area contributed by atoms with Gasteiger partial charge in [0.05, 0.1) is 11.4 Å². The van der Waals surface area contributed by atoms with E-state index in [2.05, 4.69) is 27.5 Å². The minimum atomic E-state index is 0. The van der Waals surface area contributed by atoms with E-state index < -0.39 is 0 Å². The van der Waals surface area contributed by atoms with Crippen molar-refractivity contribution in [2.75, 3.05) is 19.6 Å². The quantitative estimate of drug-likeness (QED) is 0.835. The number of carbonyl (C=O) groups excluding carboxylic acids is 1. The summed E-state index contributed by atoms with van der Waals surface area (Å²) in [5.41, 5.74) is 4.32. The maximum atomic E-state index is 13.1. The Labute approximate surface area is 160 Å². The van der Waals surface area contributed by atoms with Gasteiger partial charge in [0.25, 0.3) is 5.91 Å². The summed E-state index contributed by atoms with van der Waals surface area (Å²) in [6.45, 7) is 8.83. The first-order valence-electron chi connectivity index (χ1n) is 9.10. The van der Waals surface area contributed by atoms with E-state index >= 15 is 0 Å². The van der Waals surface area contributed by atoms with Crippen LogP contribution in [0.3, 0.4) is 0 Å². The number of rotatable bonds is 5. The lowest BCUT2D eigenvalue weighted by Gasteiger charge is -2.34. The van der Waals surface area contributed by atoms with Crippen molar-refractivity contribution in [1.29, 1.82) is 0 Å². The van der Waals surface area contributed by atoms with Crippen LogP contribution in [0.5, 0.6) is 0 Å². The average molecular weight is 381 g/mol. The van der Waals surface area contributed by atoms with Crippen LogP contribution in [-0.4, -0.2) is 56.5 Å². The van der Waals surface area contributed by atoms with Gasteiger partial charge in [-0.2, -0.15) is 10.2 Å². The van der Waals surface area contributed by atoms with Gasteiger partial charge in [0.15, 0.2) is 0 Å². The molecule has 0 bridgehead atoms. The Morgan fingerprint density at radius 2 is 2.04 bits per heavy atom. The Morgan fingerprint density at radius 3 is 2.62 bits per heavy atom. The number of nitrogens with one attached hydrogen (secondary N) is 2. The SMILES string of the molecule is CCCN(C(=O)c1cc(-c2c(C)nn(C)c2C)n[nH]1)C1CCNCC1.Cl. The molecule has 26 heavy (non-hydrogen) atoms. The Hall–Kier alpha value is -1.86. The number of aryl methyl sites for hydroxylation is 2. The van der Waals surface area contributed by atoms with E-state index in [-0.39, 0.29) is 18.3 Å². The molecule has 1 aliphatic rings. The van der Waals surface area contributed by atoms with Crippen molar-refractivity contribution in [2.45, 2.75) is 46.1 Å². The molecule has 1 fully saturated rings. The molecule has 1 saturated heterocycles. The van der Waals surface area contributed by atoms with Crippen molar-refractivity contribution in [3.63, 3.8) is 0 Å². The van der Waals surface area contributed by atoms with Crippen LogP contribution in [0.15, 0.2) is 6.07 Å². The fourth-order valence-corrected chi connectivity index (χ4v) is 3.67. The summed E-state index contributed by atoms with van der Waals surface area (Å²) < 4.78 is 1.85.